The number of rotatable bonds is 2. The third kappa shape index (κ3) is 2.98. The molecule has 16 heavy (non-hydrogen) atoms. The highest BCUT2D eigenvalue weighted by molar-refractivity contribution is 4.88. The summed E-state index contributed by atoms with van der Waals surface area (Å²) in [6.45, 7) is 4.76. The van der Waals surface area contributed by atoms with E-state index in [0.29, 0.717) is 12.1 Å². The van der Waals surface area contributed by atoms with Gasteiger partial charge in [0.1, 0.15) is 0 Å². The Labute approximate surface area is 99.8 Å². The molecule has 2 saturated carbocycles. The molecule has 0 aromatic heterocycles. The number of hydrogen-bond donors (Lipinski definition) is 2. The summed E-state index contributed by atoms with van der Waals surface area (Å²) in [5.41, 5.74) is 0. The van der Waals surface area contributed by atoms with Gasteiger partial charge in [-0.15, -0.1) is 0 Å². The van der Waals surface area contributed by atoms with Crippen LogP contribution in [0.2, 0.25) is 0 Å². The fourth-order valence-corrected chi connectivity index (χ4v) is 3.60. The van der Waals surface area contributed by atoms with Crippen LogP contribution in [-0.2, 0) is 0 Å². The summed E-state index contributed by atoms with van der Waals surface area (Å²) in [4.78, 5) is 0. The summed E-state index contributed by atoms with van der Waals surface area (Å²) < 4.78 is 0. The fourth-order valence-electron chi connectivity index (χ4n) is 3.60. The van der Waals surface area contributed by atoms with Gasteiger partial charge in [0, 0.05) is 12.1 Å². The zero-order valence-corrected chi connectivity index (χ0v) is 10.8. The topological polar surface area (TPSA) is 32.3 Å². The van der Waals surface area contributed by atoms with Crippen LogP contribution >= 0.6 is 0 Å². The van der Waals surface area contributed by atoms with Crippen LogP contribution in [0, 0.1) is 11.8 Å². The summed E-state index contributed by atoms with van der Waals surface area (Å²) in [6, 6.07) is 1.25. The molecule has 2 nitrogen and oxygen atoms in total. The van der Waals surface area contributed by atoms with Crippen LogP contribution in [0.1, 0.15) is 58.8 Å². The van der Waals surface area contributed by atoms with Gasteiger partial charge >= 0.3 is 0 Å². The van der Waals surface area contributed by atoms with Gasteiger partial charge in [-0.25, -0.2) is 0 Å². The molecule has 94 valence electrons. The van der Waals surface area contributed by atoms with E-state index in [4.69, 9.17) is 0 Å². The second-order valence-electron chi connectivity index (χ2n) is 6.10. The zero-order valence-electron chi connectivity index (χ0n) is 10.8. The standard InChI is InChI=1S/C14H27NO/c1-10-5-3-6-11(2)14(10)15-12-7-4-8-13(16)9-12/h10-16H,3-9H2,1-2H3. The Bertz CT molecular complexity index is 209. The Balaban J connectivity index is 1.86. The molecule has 0 aromatic carbocycles. The maximum Gasteiger partial charge on any atom is 0.0555 e. The van der Waals surface area contributed by atoms with Crippen molar-refractivity contribution in [1.29, 1.82) is 0 Å². The van der Waals surface area contributed by atoms with Gasteiger partial charge < -0.3 is 10.4 Å². The molecule has 2 N–H and O–H groups in total. The van der Waals surface area contributed by atoms with Crippen LogP contribution in [0.25, 0.3) is 0 Å². The van der Waals surface area contributed by atoms with Crippen molar-refractivity contribution in [2.24, 2.45) is 11.8 Å². The highest BCUT2D eigenvalue weighted by atomic mass is 16.3. The Morgan fingerprint density at radius 2 is 1.56 bits per heavy atom. The van der Waals surface area contributed by atoms with Crippen LogP contribution in [0.3, 0.4) is 0 Å². The highest BCUT2D eigenvalue weighted by Gasteiger charge is 2.30. The van der Waals surface area contributed by atoms with E-state index in [-0.39, 0.29) is 6.10 Å². The Hall–Kier alpha value is -0.0800. The lowest BCUT2D eigenvalue weighted by molar-refractivity contribution is 0.0948. The number of nitrogens with one attached hydrogen (secondary N) is 1. The lowest BCUT2D eigenvalue weighted by atomic mass is 9.77. The van der Waals surface area contributed by atoms with Crippen molar-refractivity contribution in [3.63, 3.8) is 0 Å². The van der Waals surface area contributed by atoms with Crippen molar-refractivity contribution < 1.29 is 5.11 Å². The molecule has 0 amide bonds. The van der Waals surface area contributed by atoms with Crippen LogP contribution in [0.15, 0.2) is 0 Å². The zero-order chi connectivity index (χ0) is 11.5. The summed E-state index contributed by atoms with van der Waals surface area (Å²) in [6.07, 6.45) is 8.51. The van der Waals surface area contributed by atoms with Crippen LogP contribution in [-0.4, -0.2) is 23.3 Å². The van der Waals surface area contributed by atoms with Gasteiger partial charge in [0.25, 0.3) is 0 Å². The summed E-state index contributed by atoms with van der Waals surface area (Å²) >= 11 is 0. The Morgan fingerprint density at radius 3 is 2.19 bits per heavy atom. The first kappa shape index (κ1) is 12.4. The van der Waals surface area contributed by atoms with Gasteiger partial charge in [0.15, 0.2) is 0 Å². The molecule has 0 bridgehead atoms. The van der Waals surface area contributed by atoms with E-state index < -0.39 is 0 Å². The van der Waals surface area contributed by atoms with E-state index in [0.717, 1.165) is 24.7 Å². The largest absolute Gasteiger partial charge is 0.393 e. The normalized spacial score (nSPS) is 45.6. The van der Waals surface area contributed by atoms with Gasteiger partial charge in [0.2, 0.25) is 0 Å². The van der Waals surface area contributed by atoms with E-state index in [1.807, 2.05) is 0 Å². The molecular formula is C14H27NO. The number of hydrogen-bond acceptors (Lipinski definition) is 2. The second-order valence-corrected chi connectivity index (χ2v) is 6.10. The predicted molar refractivity (Wildman–Crippen MR) is 67.4 cm³/mol. The van der Waals surface area contributed by atoms with E-state index in [9.17, 15) is 5.11 Å². The minimum absolute atomic E-state index is 0.0551. The summed E-state index contributed by atoms with van der Waals surface area (Å²) in [5, 5.41) is 13.5. The van der Waals surface area contributed by atoms with E-state index in [1.54, 1.807) is 0 Å². The smallest absolute Gasteiger partial charge is 0.0555 e. The molecule has 4 unspecified atom stereocenters. The number of aliphatic hydroxyl groups is 1. The molecule has 2 aliphatic rings. The van der Waals surface area contributed by atoms with Crippen LogP contribution in [0.5, 0.6) is 0 Å². The monoisotopic (exact) mass is 225 g/mol. The molecule has 0 saturated heterocycles. The molecule has 0 spiro atoms. The van der Waals surface area contributed by atoms with Crippen molar-refractivity contribution in [2.45, 2.75) is 77.0 Å². The first-order valence-corrected chi connectivity index (χ1v) is 7.11. The van der Waals surface area contributed by atoms with E-state index in [2.05, 4.69) is 19.2 Å². The molecule has 0 aliphatic heterocycles. The SMILES string of the molecule is CC1CCCC(C)C1NC1CCCC(O)C1. The first-order valence-electron chi connectivity index (χ1n) is 7.11. The molecule has 0 aromatic rings. The average molecular weight is 225 g/mol. The second kappa shape index (κ2) is 5.50. The molecule has 2 heteroatoms. The maximum absolute atomic E-state index is 9.70. The Kier molecular flexibility index (Phi) is 4.26. The predicted octanol–water partition coefficient (Wildman–Crippen LogP) is 2.70. The summed E-state index contributed by atoms with van der Waals surface area (Å²) in [5.74, 6) is 1.62. The lowest BCUT2D eigenvalue weighted by Crippen LogP contribution is -2.49. The molecule has 2 aliphatic carbocycles. The van der Waals surface area contributed by atoms with Gasteiger partial charge in [-0.1, -0.05) is 20.3 Å². The summed E-state index contributed by atoms with van der Waals surface area (Å²) in [7, 11) is 0. The molecular weight excluding hydrogens is 198 g/mol. The molecule has 4 atom stereocenters. The molecule has 0 heterocycles. The third-order valence-corrected chi connectivity index (χ3v) is 4.62. The fraction of sp³-hybridized carbons (Fsp3) is 1.00. The Morgan fingerprint density at radius 1 is 0.938 bits per heavy atom. The van der Waals surface area contributed by atoms with Crippen molar-refractivity contribution in [3.05, 3.63) is 0 Å². The van der Waals surface area contributed by atoms with Crippen molar-refractivity contribution >= 4 is 0 Å². The minimum atomic E-state index is -0.0551. The van der Waals surface area contributed by atoms with Crippen LogP contribution < -0.4 is 5.32 Å². The minimum Gasteiger partial charge on any atom is -0.393 e. The van der Waals surface area contributed by atoms with E-state index in [1.165, 1.54) is 32.1 Å². The van der Waals surface area contributed by atoms with Crippen molar-refractivity contribution in [1.82, 2.24) is 5.32 Å². The number of aliphatic hydroxyl groups excluding tert-OH is 1. The van der Waals surface area contributed by atoms with Gasteiger partial charge in [-0.2, -0.15) is 0 Å². The third-order valence-electron chi connectivity index (χ3n) is 4.62. The van der Waals surface area contributed by atoms with E-state index >= 15 is 0 Å². The lowest BCUT2D eigenvalue weighted by Gasteiger charge is -2.39. The quantitative estimate of drug-likeness (QED) is 0.757. The maximum atomic E-state index is 9.70. The molecule has 2 fully saturated rings. The molecule has 2 rings (SSSR count). The van der Waals surface area contributed by atoms with Gasteiger partial charge in [-0.05, 0) is 50.4 Å². The van der Waals surface area contributed by atoms with Crippen molar-refractivity contribution in [2.75, 3.05) is 0 Å². The van der Waals surface area contributed by atoms with Crippen LogP contribution in [0.4, 0.5) is 0 Å². The van der Waals surface area contributed by atoms with Gasteiger partial charge in [0.05, 0.1) is 6.10 Å². The molecule has 0 radical (unpaired) electrons. The van der Waals surface area contributed by atoms with Crippen molar-refractivity contribution in [3.8, 4) is 0 Å². The average Bonchev–Trinajstić information content (AvgIpc) is 2.24. The highest BCUT2D eigenvalue weighted by Crippen LogP contribution is 2.30. The first-order chi connectivity index (χ1) is 7.66. The van der Waals surface area contributed by atoms with Gasteiger partial charge in [-0.3, -0.25) is 0 Å².